The van der Waals surface area contributed by atoms with Crippen molar-refractivity contribution in [2.45, 2.75) is 24.3 Å². The number of nitrogens with two attached hydrogens (primary N) is 1. The topological polar surface area (TPSA) is 193 Å². The Labute approximate surface area is 155 Å². The van der Waals surface area contributed by atoms with Gasteiger partial charge in [-0.2, -0.15) is 5.21 Å². The van der Waals surface area contributed by atoms with E-state index in [2.05, 4.69) is 30.7 Å². The van der Waals surface area contributed by atoms with Gasteiger partial charge in [-0.3, -0.25) is 14.5 Å². The number of β-lactam (4-membered cyclic amide) rings is 1. The summed E-state index contributed by atoms with van der Waals surface area (Å²) in [7, 11) is 0. The number of primary amides is 1. The lowest BCUT2D eigenvalue weighted by Gasteiger charge is -2.55. The van der Waals surface area contributed by atoms with Crippen molar-refractivity contribution < 1.29 is 29.0 Å². The number of nitrogens with zero attached hydrogens (tertiary/aromatic N) is 4. The summed E-state index contributed by atoms with van der Waals surface area (Å²) in [4.78, 5) is 48.3. The molecule has 1 fully saturated rings. The summed E-state index contributed by atoms with van der Waals surface area (Å²) in [5.41, 5.74) is 3.59. The second-order valence-electron chi connectivity index (χ2n) is 5.96. The largest absolute Gasteiger partial charge is 0.477 e. The number of carboxylic acid groups (broad SMARTS) is 1. The number of fused-ring (bicyclic) bond motifs is 1. The van der Waals surface area contributed by atoms with Crippen molar-refractivity contribution >= 4 is 35.6 Å². The van der Waals surface area contributed by atoms with E-state index in [-0.39, 0.29) is 35.9 Å². The summed E-state index contributed by atoms with van der Waals surface area (Å²) < 4.78 is 4.65. The van der Waals surface area contributed by atoms with E-state index >= 15 is 0 Å². The summed E-state index contributed by atoms with van der Waals surface area (Å²) in [5, 5.41) is 24.4. The first-order valence-corrected chi connectivity index (χ1v) is 8.65. The van der Waals surface area contributed by atoms with Crippen molar-refractivity contribution in [2.75, 3.05) is 12.4 Å². The number of aliphatic carboxylic acids is 1. The van der Waals surface area contributed by atoms with Crippen LogP contribution in [0.4, 0.5) is 4.79 Å². The molecule has 27 heavy (non-hydrogen) atoms. The summed E-state index contributed by atoms with van der Waals surface area (Å²) in [5.74, 6) is -2.07. The Balaban J connectivity index is 1.76. The van der Waals surface area contributed by atoms with Gasteiger partial charge in [0.1, 0.15) is 23.2 Å². The summed E-state index contributed by atoms with van der Waals surface area (Å²) >= 11 is 1.24. The predicted octanol–water partition coefficient (Wildman–Crippen LogP) is -2.03. The molecule has 2 atom stereocenters. The van der Waals surface area contributed by atoms with Crippen LogP contribution in [0.25, 0.3) is 0 Å². The molecule has 14 heteroatoms. The zero-order valence-electron chi connectivity index (χ0n) is 14.0. The molecule has 1 unspecified atom stereocenters. The van der Waals surface area contributed by atoms with Crippen LogP contribution >= 0.6 is 11.8 Å². The number of hydrogen-bond donors (Lipinski definition) is 4. The van der Waals surface area contributed by atoms with Crippen molar-refractivity contribution in [1.29, 1.82) is 0 Å². The standard InChI is InChI=1S/C13H15N7O6S/c1-13(15-7(21)2-6-16-18-19-17-6)10(24)20-8(9(22)23)5(3-26-12(14)25)4-27-11(13)20/h11H,2-4H2,1H3,(H2,14,25)(H,15,21)(H,22,23)(H,16,17,18,19)/t11-,13?/m1/s1. The number of tetrazole rings is 1. The Morgan fingerprint density at radius 3 is 2.85 bits per heavy atom. The number of thioether (sulfide) groups is 1. The van der Waals surface area contributed by atoms with E-state index in [0.29, 0.717) is 0 Å². The minimum atomic E-state index is -1.34. The van der Waals surface area contributed by atoms with Crippen LogP contribution in [0.1, 0.15) is 12.7 Å². The summed E-state index contributed by atoms with van der Waals surface area (Å²) in [6, 6.07) is 0. The monoisotopic (exact) mass is 397 g/mol. The number of hydrogen-bond acceptors (Lipinski definition) is 9. The molecule has 5 N–H and O–H groups in total. The number of rotatable bonds is 6. The molecule has 3 rings (SSSR count). The lowest BCUT2D eigenvalue weighted by atomic mass is 9.88. The molecule has 1 saturated heterocycles. The molecule has 0 bridgehead atoms. The Morgan fingerprint density at radius 1 is 1.52 bits per heavy atom. The third-order valence-electron chi connectivity index (χ3n) is 4.08. The highest BCUT2D eigenvalue weighted by atomic mass is 32.2. The molecule has 1 aromatic heterocycles. The number of carbonyl (C=O) groups excluding carboxylic acids is 3. The van der Waals surface area contributed by atoms with Gasteiger partial charge in [0.25, 0.3) is 5.91 Å². The molecule has 2 aliphatic rings. The van der Waals surface area contributed by atoms with Crippen LogP contribution < -0.4 is 11.1 Å². The number of H-pyrrole nitrogens is 1. The van der Waals surface area contributed by atoms with Crippen LogP contribution in [0.15, 0.2) is 11.3 Å². The Morgan fingerprint density at radius 2 is 2.26 bits per heavy atom. The van der Waals surface area contributed by atoms with Gasteiger partial charge >= 0.3 is 12.1 Å². The quantitative estimate of drug-likeness (QED) is 0.389. The fraction of sp³-hybridized carbons (Fsp3) is 0.462. The minimum absolute atomic E-state index is 0.160. The van der Waals surface area contributed by atoms with E-state index in [9.17, 15) is 24.3 Å². The minimum Gasteiger partial charge on any atom is -0.477 e. The lowest BCUT2D eigenvalue weighted by molar-refractivity contribution is -0.158. The first-order chi connectivity index (χ1) is 12.7. The van der Waals surface area contributed by atoms with Crippen LogP contribution in [0, 0.1) is 0 Å². The first kappa shape index (κ1) is 18.6. The Kier molecular flexibility index (Phi) is 4.73. The fourth-order valence-electron chi connectivity index (χ4n) is 2.91. The van der Waals surface area contributed by atoms with Gasteiger partial charge < -0.3 is 20.9 Å². The van der Waals surface area contributed by atoms with Gasteiger partial charge in [0.2, 0.25) is 5.91 Å². The van der Waals surface area contributed by atoms with Gasteiger partial charge in [0.05, 0.1) is 6.42 Å². The van der Waals surface area contributed by atoms with Gasteiger partial charge in [-0.25, -0.2) is 9.59 Å². The fourth-order valence-corrected chi connectivity index (χ4v) is 4.33. The molecule has 0 aromatic carbocycles. The number of aromatic nitrogens is 4. The number of carbonyl (C=O) groups is 4. The second kappa shape index (κ2) is 6.86. The Hall–Kier alpha value is -3.16. The molecule has 0 saturated carbocycles. The van der Waals surface area contributed by atoms with Crippen LogP contribution in [-0.4, -0.2) is 77.8 Å². The second-order valence-corrected chi connectivity index (χ2v) is 7.03. The molecule has 3 heterocycles. The van der Waals surface area contributed by atoms with E-state index in [1.165, 1.54) is 18.7 Å². The number of nitrogens with one attached hydrogen (secondary N) is 2. The average molecular weight is 397 g/mol. The van der Waals surface area contributed by atoms with Crippen molar-refractivity contribution in [3.63, 3.8) is 0 Å². The third kappa shape index (κ3) is 3.30. The Bertz CT molecular complexity index is 840. The molecule has 2 aliphatic heterocycles. The van der Waals surface area contributed by atoms with Gasteiger partial charge in [-0.05, 0) is 6.92 Å². The molecule has 1 aromatic rings. The van der Waals surface area contributed by atoms with Crippen molar-refractivity contribution in [2.24, 2.45) is 5.73 Å². The predicted molar refractivity (Wildman–Crippen MR) is 87.7 cm³/mol. The van der Waals surface area contributed by atoms with Crippen LogP contribution in [-0.2, 0) is 25.5 Å². The summed E-state index contributed by atoms with van der Waals surface area (Å²) in [6.45, 7) is 1.18. The highest BCUT2D eigenvalue weighted by Crippen LogP contribution is 2.46. The third-order valence-corrected chi connectivity index (χ3v) is 5.59. The van der Waals surface area contributed by atoms with Crippen molar-refractivity contribution in [3.8, 4) is 0 Å². The number of amides is 3. The van der Waals surface area contributed by atoms with Crippen LogP contribution in [0.3, 0.4) is 0 Å². The molecule has 0 spiro atoms. The molecular weight excluding hydrogens is 382 g/mol. The maximum atomic E-state index is 12.7. The normalized spacial score (nSPS) is 24.1. The van der Waals surface area contributed by atoms with E-state index in [0.717, 1.165) is 4.90 Å². The highest BCUT2D eigenvalue weighted by Gasteiger charge is 2.62. The van der Waals surface area contributed by atoms with Crippen molar-refractivity contribution in [1.82, 2.24) is 30.8 Å². The van der Waals surface area contributed by atoms with E-state index in [1.54, 1.807) is 0 Å². The zero-order valence-corrected chi connectivity index (χ0v) is 14.8. The number of aromatic amines is 1. The molecule has 13 nitrogen and oxygen atoms in total. The molecule has 0 radical (unpaired) electrons. The highest BCUT2D eigenvalue weighted by molar-refractivity contribution is 8.00. The van der Waals surface area contributed by atoms with Crippen molar-refractivity contribution in [3.05, 3.63) is 17.1 Å². The van der Waals surface area contributed by atoms with Crippen LogP contribution in [0.2, 0.25) is 0 Å². The zero-order chi connectivity index (χ0) is 19.8. The van der Waals surface area contributed by atoms with Gasteiger partial charge in [0, 0.05) is 11.3 Å². The maximum Gasteiger partial charge on any atom is 0.404 e. The molecule has 144 valence electrons. The first-order valence-electron chi connectivity index (χ1n) is 7.60. The number of ether oxygens (including phenoxy) is 1. The smallest absolute Gasteiger partial charge is 0.404 e. The van der Waals surface area contributed by atoms with Gasteiger partial charge in [-0.1, -0.05) is 5.21 Å². The average Bonchev–Trinajstić information content (AvgIpc) is 3.11. The molecule has 3 amide bonds. The van der Waals surface area contributed by atoms with E-state index in [4.69, 9.17) is 5.73 Å². The molecular formula is C13H15N7O6S. The number of carboxylic acids is 1. The van der Waals surface area contributed by atoms with E-state index < -0.39 is 34.8 Å². The van der Waals surface area contributed by atoms with E-state index in [1.807, 2.05) is 0 Å². The van der Waals surface area contributed by atoms with Crippen LogP contribution in [0.5, 0.6) is 0 Å². The van der Waals surface area contributed by atoms with Gasteiger partial charge in [-0.15, -0.1) is 22.0 Å². The maximum absolute atomic E-state index is 12.7. The SMILES string of the molecule is CC1(NC(=O)Cc2nn[nH]n2)C(=O)N2C(C(=O)O)=C(COC(N)=O)CS[C@@H]21. The molecule has 0 aliphatic carbocycles. The summed E-state index contributed by atoms with van der Waals surface area (Å²) in [6.07, 6.45) is -1.23. The lowest BCUT2D eigenvalue weighted by Crippen LogP contribution is -2.78. The van der Waals surface area contributed by atoms with Gasteiger partial charge in [0.15, 0.2) is 5.82 Å².